The Labute approximate surface area is 117 Å². The van der Waals surface area contributed by atoms with Crippen molar-refractivity contribution < 1.29 is 0 Å². The molecule has 100 valence electrons. The molecule has 4 N–H and O–H groups in total. The number of nitrogens with two attached hydrogens (primary N) is 1. The number of hydrogen-bond acceptors (Lipinski definition) is 6. The minimum Gasteiger partial charge on any atom is -0.399 e. The molecule has 0 aliphatic carbocycles. The average Bonchev–Trinajstić information content (AvgIpc) is 3.06. The molecule has 8 heteroatoms. The van der Waals surface area contributed by atoms with Crippen molar-refractivity contribution in [2.24, 2.45) is 10.2 Å². The zero-order chi connectivity index (χ0) is 13.9. The molecule has 0 fully saturated rings. The van der Waals surface area contributed by atoms with Crippen molar-refractivity contribution in [3.63, 3.8) is 0 Å². The number of nitrogen functional groups attached to an aromatic ring is 1. The van der Waals surface area contributed by atoms with Crippen LogP contribution in [0.5, 0.6) is 0 Å². The third-order valence-electron chi connectivity index (χ3n) is 2.58. The Hall–Kier alpha value is -2.74. The first-order chi connectivity index (χ1) is 9.74. The van der Waals surface area contributed by atoms with E-state index in [0.717, 1.165) is 5.56 Å². The number of rotatable bonds is 3. The number of nitrogens with zero attached hydrogens (tertiary/aromatic N) is 3. The molecule has 0 unspecified atom stereocenters. The summed E-state index contributed by atoms with van der Waals surface area (Å²) in [6.45, 7) is 0. The number of azo groups is 1. The van der Waals surface area contributed by atoms with Crippen LogP contribution in [0.25, 0.3) is 11.3 Å². The maximum atomic E-state index is 11.8. The molecule has 0 saturated carbocycles. The molecule has 0 amide bonds. The lowest BCUT2D eigenvalue weighted by molar-refractivity contribution is 1.06. The van der Waals surface area contributed by atoms with Gasteiger partial charge in [-0.15, -0.1) is 21.6 Å². The van der Waals surface area contributed by atoms with E-state index in [9.17, 15) is 4.79 Å². The molecule has 0 saturated heterocycles. The number of H-pyrrole nitrogens is 2. The topological polar surface area (TPSA) is 112 Å². The van der Waals surface area contributed by atoms with Crippen LogP contribution in [-0.4, -0.2) is 15.2 Å². The van der Waals surface area contributed by atoms with Crippen molar-refractivity contribution in [3.05, 3.63) is 46.2 Å². The van der Waals surface area contributed by atoms with E-state index < -0.39 is 0 Å². The van der Waals surface area contributed by atoms with E-state index in [0.29, 0.717) is 16.5 Å². The number of benzene rings is 1. The summed E-state index contributed by atoms with van der Waals surface area (Å²) in [5, 5.41) is 15.5. The Kier molecular flexibility index (Phi) is 3.13. The van der Waals surface area contributed by atoms with Crippen molar-refractivity contribution >= 4 is 27.8 Å². The summed E-state index contributed by atoms with van der Waals surface area (Å²) in [6, 6.07) is 7.15. The van der Waals surface area contributed by atoms with Crippen LogP contribution in [-0.2, 0) is 0 Å². The number of aromatic amines is 2. The smallest absolute Gasteiger partial charge is 0.292 e. The molecular weight excluding hydrogens is 276 g/mol. The Balaban J connectivity index is 2.04. The van der Waals surface area contributed by atoms with Gasteiger partial charge in [0.25, 0.3) is 5.56 Å². The van der Waals surface area contributed by atoms with Crippen LogP contribution in [0, 0.1) is 0 Å². The summed E-state index contributed by atoms with van der Waals surface area (Å²) in [5.74, 6) is 0. The van der Waals surface area contributed by atoms with Gasteiger partial charge in [0.15, 0.2) is 5.69 Å². The lowest BCUT2D eigenvalue weighted by Crippen LogP contribution is -1.96. The van der Waals surface area contributed by atoms with Crippen LogP contribution < -0.4 is 11.3 Å². The quantitative estimate of drug-likeness (QED) is 0.508. The molecule has 0 spiro atoms. The van der Waals surface area contributed by atoms with E-state index in [1.165, 1.54) is 11.3 Å². The maximum Gasteiger partial charge on any atom is 0.292 e. The van der Waals surface area contributed by atoms with E-state index in [1.54, 1.807) is 29.8 Å². The Morgan fingerprint density at radius 1 is 1.25 bits per heavy atom. The summed E-state index contributed by atoms with van der Waals surface area (Å²) >= 11 is 1.34. The number of thiazole rings is 1. The first-order valence-electron chi connectivity index (χ1n) is 5.72. The normalized spacial score (nSPS) is 11.2. The second-order valence-corrected chi connectivity index (χ2v) is 4.82. The fourth-order valence-electron chi connectivity index (χ4n) is 1.71. The van der Waals surface area contributed by atoms with E-state index in [4.69, 9.17) is 5.73 Å². The number of hydrogen-bond donors (Lipinski definition) is 3. The summed E-state index contributed by atoms with van der Waals surface area (Å²) in [5.41, 5.74) is 7.50. The van der Waals surface area contributed by atoms with Crippen molar-refractivity contribution in [2.75, 3.05) is 5.73 Å². The molecule has 0 atom stereocenters. The second kappa shape index (κ2) is 5.10. The van der Waals surface area contributed by atoms with Crippen LogP contribution in [0.3, 0.4) is 0 Å². The summed E-state index contributed by atoms with van der Waals surface area (Å²) in [4.78, 5) is 15.7. The largest absolute Gasteiger partial charge is 0.399 e. The molecule has 0 aliphatic heterocycles. The monoisotopic (exact) mass is 286 g/mol. The van der Waals surface area contributed by atoms with Crippen LogP contribution >= 0.6 is 11.3 Å². The highest BCUT2D eigenvalue weighted by molar-refractivity contribution is 7.13. The van der Waals surface area contributed by atoms with Crippen molar-refractivity contribution in [1.29, 1.82) is 0 Å². The molecule has 2 aromatic heterocycles. The maximum absolute atomic E-state index is 11.8. The lowest BCUT2D eigenvalue weighted by Gasteiger charge is -1.99. The number of aromatic nitrogens is 3. The Morgan fingerprint density at radius 3 is 2.90 bits per heavy atom. The molecule has 0 radical (unpaired) electrons. The van der Waals surface area contributed by atoms with Gasteiger partial charge < -0.3 is 5.73 Å². The van der Waals surface area contributed by atoms with Crippen LogP contribution in [0.4, 0.5) is 16.5 Å². The first kappa shape index (κ1) is 12.3. The van der Waals surface area contributed by atoms with Crippen molar-refractivity contribution in [1.82, 2.24) is 15.2 Å². The summed E-state index contributed by atoms with van der Waals surface area (Å²) < 4.78 is 0. The van der Waals surface area contributed by atoms with Crippen molar-refractivity contribution in [2.45, 2.75) is 0 Å². The molecule has 0 aliphatic rings. The minimum atomic E-state index is -0.345. The van der Waals surface area contributed by atoms with Crippen molar-refractivity contribution in [3.8, 4) is 11.3 Å². The molecule has 0 bridgehead atoms. The van der Waals surface area contributed by atoms with Gasteiger partial charge in [0.2, 0.25) is 5.13 Å². The highest BCUT2D eigenvalue weighted by atomic mass is 32.1. The van der Waals surface area contributed by atoms with Crippen LogP contribution in [0.15, 0.2) is 50.9 Å². The fraction of sp³-hybridized carbons (Fsp3) is 0. The molecule has 1 aromatic carbocycles. The van der Waals surface area contributed by atoms with E-state index in [2.05, 4.69) is 25.4 Å². The zero-order valence-electron chi connectivity index (χ0n) is 10.2. The number of nitrogens with one attached hydrogen (secondary N) is 2. The Morgan fingerprint density at radius 2 is 2.15 bits per heavy atom. The Bertz CT molecular complexity index is 801. The van der Waals surface area contributed by atoms with E-state index in [-0.39, 0.29) is 11.2 Å². The molecule has 3 aromatic rings. The number of anilines is 1. The van der Waals surface area contributed by atoms with Gasteiger partial charge in [0, 0.05) is 22.8 Å². The third-order valence-corrected chi connectivity index (χ3v) is 3.24. The standard InChI is InChI=1S/C12H10N6OS/c13-8-3-1-2-7(6-8)9-10(11(19)17-15-9)16-18-12-14-4-5-20-12/h1-6H,13H2,(H2,15,17,19). The molecule has 7 nitrogen and oxygen atoms in total. The van der Waals surface area contributed by atoms with Gasteiger partial charge in [0.05, 0.1) is 5.69 Å². The van der Waals surface area contributed by atoms with Gasteiger partial charge in [-0.2, -0.15) is 0 Å². The zero-order valence-corrected chi connectivity index (χ0v) is 11.0. The SMILES string of the molecule is Nc1cccc(-c2[nH][nH]c(=O)c2N=Nc2nccs2)c1. The lowest BCUT2D eigenvalue weighted by atomic mass is 10.1. The predicted molar refractivity (Wildman–Crippen MR) is 77.6 cm³/mol. The van der Waals surface area contributed by atoms with Crippen LogP contribution in [0.2, 0.25) is 0 Å². The molecular formula is C12H10N6OS. The highest BCUT2D eigenvalue weighted by Crippen LogP contribution is 2.27. The van der Waals surface area contributed by atoms with Gasteiger partial charge >= 0.3 is 0 Å². The molecule has 2 heterocycles. The van der Waals surface area contributed by atoms with Gasteiger partial charge in [-0.25, -0.2) is 4.98 Å². The van der Waals surface area contributed by atoms with Gasteiger partial charge in [-0.1, -0.05) is 12.1 Å². The van der Waals surface area contributed by atoms with E-state index >= 15 is 0 Å². The minimum absolute atomic E-state index is 0.200. The van der Waals surface area contributed by atoms with Gasteiger partial charge in [-0.3, -0.25) is 15.0 Å². The van der Waals surface area contributed by atoms with E-state index in [1.807, 2.05) is 6.07 Å². The third kappa shape index (κ3) is 2.36. The predicted octanol–water partition coefficient (Wildman–Crippen LogP) is 2.82. The molecule has 3 rings (SSSR count). The highest BCUT2D eigenvalue weighted by Gasteiger charge is 2.11. The second-order valence-electron chi connectivity index (χ2n) is 3.94. The average molecular weight is 286 g/mol. The molecule has 20 heavy (non-hydrogen) atoms. The summed E-state index contributed by atoms with van der Waals surface area (Å²) in [7, 11) is 0. The summed E-state index contributed by atoms with van der Waals surface area (Å²) in [6.07, 6.45) is 1.62. The van der Waals surface area contributed by atoms with Gasteiger partial charge in [-0.05, 0) is 12.1 Å². The van der Waals surface area contributed by atoms with Crippen LogP contribution in [0.1, 0.15) is 0 Å². The fourth-order valence-corrected chi connectivity index (χ4v) is 2.16. The first-order valence-corrected chi connectivity index (χ1v) is 6.60. The van der Waals surface area contributed by atoms with Gasteiger partial charge in [0.1, 0.15) is 0 Å².